The Morgan fingerprint density at radius 2 is 2.17 bits per heavy atom. The fourth-order valence-electron chi connectivity index (χ4n) is 1.36. The van der Waals surface area contributed by atoms with Gasteiger partial charge in [-0.25, -0.2) is 0 Å². The van der Waals surface area contributed by atoms with Crippen LogP contribution in [0.1, 0.15) is 12.3 Å². The fraction of sp³-hybridized carbons (Fsp3) is 0.182. The van der Waals surface area contributed by atoms with Crippen molar-refractivity contribution in [3.63, 3.8) is 0 Å². The number of aryl methyl sites for hydroxylation is 1. The van der Waals surface area contributed by atoms with Crippen molar-refractivity contribution in [1.82, 2.24) is 10.1 Å². The molecule has 7 heteroatoms. The predicted octanol–water partition coefficient (Wildman–Crippen LogP) is 3.06. The third-order valence-electron chi connectivity index (χ3n) is 2.21. The first kappa shape index (κ1) is 12.9. The number of carboxylic acid groups (broad SMARTS) is 1. The minimum atomic E-state index is -0.921. The Morgan fingerprint density at radius 1 is 1.39 bits per heavy atom. The number of rotatable bonds is 4. The first-order valence-corrected chi connectivity index (χ1v) is 5.82. The molecule has 0 amide bonds. The van der Waals surface area contributed by atoms with Crippen molar-refractivity contribution < 1.29 is 14.4 Å². The zero-order chi connectivity index (χ0) is 13.1. The normalized spacial score (nSPS) is 10.6. The average Bonchev–Trinajstić information content (AvgIpc) is 2.78. The summed E-state index contributed by atoms with van der Waals surface area (Å²) in [6.07, 6.45) is 0.116. The maximum atomic E-state index is 10.4. The molecule has 0 aliphatic carbocycles. The van der Waals surface area contributed by atoms with Crippen LogP contribution in [-0.2, 0) is 11.2 Å². The summed E-state index contributed by atoms with van der Waals surface area (Å²) < 4.78 is 4.94. The van der Waals surface area contributed by atoms with Crippen molar-refractivity contribution in [3.05, 3.63) is 34.1 Å². The van der Waals surface area contributed by atoms with Crippen LogP contribution in [0.4, 0.5) is 0 Å². The number of hydrogen-bond acceptors (Lipinski definition) is 4. The lowest BCUT2D eigenvalue weighted by molar-refractivity contribution is -0.137. The smallest absolute Gasteiger partial charge is 0.303 e. The largest absolute Gasteiger partial charge is 0.481 e. The van der Waals surface area contributed by atoms with Gasteiger partial charge in [-0.15, -0.1) is 0 Å². The zero-order valence-corrected chi connectivity index (χ0v) is 10.6. The van der Waals surface area contributed by atoms with Gasteiger partial charge in [-0.2, -0.15) is 4.98 Å². The van der Waals surface area contributed by atoms with E-state index in [0.717, 1.165) is 0 Å². The van der Waals surface area contributed by atoms with Gasteiger partial charge in [-0.1, -0.05) is 34.4 Å². The summed E-state index contributed by atoms with van der Waals surface area (Å²) in [6, 6.07) is 5.08. The number of carboxylic acids is 1. The van der Waals surface area contributed by atoms with Crippen LogP contribution in [0.3, 0.4) is 0 Å². The Balaban J connectivity index is 2.24. The molecule has 0 bridgehead atoms. The van der Waals surface area contributed by atoms with Crippen molar-refractivity contribution in [1.29, 1.82) is 0 Å². The Hall–Kier alpha value is -1.59. The molecule has 0 radical (unpaired) electrons. The summed E-state index contributed by atoms with van der Waals surface area (Å²) >= 11 is 11.9. The van der Waals surface area contributed by atoms with Gasteiger partial charge in [0.05, 0.1) is 16.5 Å². The van der Waals surface area contributed by atoms with E-state index in [1.807, 2.05) is 0 Å². The molecule has 0 spiro atoms. The van der Waals surface area contributed by atoms with Gasteiger partial charge in [0.1, 0.15) is 0 Å². The van der Waals surface area contributed by atoms with Gasteiger partial charge in [0.25, 0.3) is 0 Å². The number of carbonyl (C=O) groups is 1. The van der Waals surface area contributed by atoms with Gasteiger partial charge in [0.2, 0.25) is 11.7 Å². The van der Waals surface area contributed by atoms with Crippen LogP contribution < -0.4 is 0 Å². The summed E-state index contributed by atoms with van der Waals surface area (Å²) in [5.41, 5.74) is 0.550. The lowest BCUT2D eigenvalue weighted by Crippen LogP contribution is -1.97. The second-order valence-corrected chi connectivity index (χ2v) is 4.29. The topological polar surface area (TPSA) is 76.2 Å². The molecular weight excluding hydrogens is 279 g/mol. The van der Waals surface area contributed by atoms with Gasteiger partial charge < -0.3 is 9.63 Å². The molecule has 18 heavy (non-hydrogen) atoms. The second-order valence-electron chi connectivity index (χ2n) is 3.51. The highest BCUT2D eigenvalue weighted by molar-refractivity contribution is 6.43. The van der Waals surface area contributed by atoms with Gasteiger partial charge >= 0.3 is 5.97 Å². The maximum absolute atomic E-state index is 10.4. The summed E-state index contributed by atoms with van der Waals surface area (Å²) in [6.45, 7) is 0. The van der Waals surface area contributed by atoms with E-state index in [-0.39, 0.29) is 18.7 Å². The van der Waals surface area contributed by atoms with Crippen molar-refractivity contribution >= 4 is 29.2 Å². The molecule has 1 aromatic carbocycles. The SMILES string of the molecule is O=C(O)CCc1nc(-c2cccc(Cl)c2Cl)no1. The molecule has 2 rings (SSSR count). The number of hydrogen-bond donors (Lipinski definition) is 1. The standard InChI is InChI=1S/C11H8Cl2N2O3/c12-7-3-1-2-6(10(7)13)11-14-8(18-15-11)4-5-9(16)17/h1-3H,4-5H2,(H,16,17). The van der Waals surface area contributed by atoms with E-state index in [9.17, 15) is 4.79 Å². The van der Waals surface area contributed by atoms with E-state index in [1.54, 1.807) is 18.2 Å². The molecule has 0 atom stereocenters. The Kier molecular flexibility index (Phi) is 3.84. The number of aliphatic carboxylic acids is 1. The van der Waals surface area contributed by atoms with E-state index < -0.39 is 5.97 Å². The Morgan fingerprint density at radius 3 is 2.89 bits per heavy atom. The van der Waals surface area contributed by atoms with Gasteiger partial charge in [-0.3, -0.25) is 4.79 Å². The quantitative estimate of drug-likeness (QED) is 0.935. The zero-order valence-electron chi connectivity index (χ0n) is 9.06. The lowest BCUT2D eigenvalue weighted by atomic mass is 10.2. The molecule has 2 aromatic rings. The highest BCUT2D eigenvalue weighted by Gasteiger charge is 2.14. The third-order valence-corrected chi connectivity index (χ3v) is 3.03. The van der Waals surface area contributed by atoms with E-state index >= 15 is 0 Å². The molecule has 0 fully saturated rings. The summed E-state index contributed by atoms with van der Waals surface area (Å²) in [7, 11) is 0. The highest BCUT2D eigenvalue weighted by Crippen LogP contribution is 2.31. The van der Waals surface area contributed by atoms with Crippen LogP contribution in [0.5, 0.6) is 0 Å². The van der Waals surface area contributed by atoms with Crippen LogP contribution in [0.2, 0.25) is 10.0 Å². The average molecular weight is 287 g/mol. The highest BCUT2D eigenvalue weighted by atomic mass is 35.5. The van der Waals surface area contributed by atoms with Crippen molar-refractivity contribution in [2.24, 2.45) is 0 Å². The van der Waals surface area contributed by atoms with Gasteiger partial charge in [-0.05, 0) is 12.1 Å². The Bertz CT molecular complexity index is 583. The molecule has 0 aliphatic heterocycles. The molecule has 0 saturated carbocycles. The van der Waals surface area contributed by atoms with Gasteiger partial charge in [0, 0.05) is 12.0 Å². The first-order valence-electron chi connectivity index (χ1n) is 5.06. The van der Waals surface area contributed by atoms with Crippen LogP contribution in [0.25, 0.3) is 11.4 Å². The second kappa shape index (κ2) is 5.37. The predicted molar refractivity (Wildman–Crippen MR) is 65.7 cm³/mol. The van der Waals surface area contributed by atoms with Gasteiger partial charge in [0.15, 0.2) is 0 Å². The fourth-order valence-corrected chi connectivity index (χ4v) is 1.74. The molecule has 1 aromatic heterocycles. The molecule has 0 aliphatic rings. The molecule has 94 valence electrons. The minimum Gasteiger partial charge on any atom is -0.481 e. The summed E-state index contributed by atoms with van der Waals surface area (Å²) in [5.74, 6) is -0.373. The van der Waals surface area contributed by atoms with Crippen LogP contribution in [0.15, 0.2) is 22.7 Å². The molecule has 0 unspecified atom stereocenters. The monoisotopic (exact) mass is 286 g/mol. The molecule has 0 saturated heterocycles. The number of benzene rings is 1. The number of aromatic nitrogens is 2. The van der Waals surface area contributed by atoms with E-state index in [4.69, 9.17) is 32.8 Å². The lowest BCUT2D eigenvalue weighted by Gasteiger charge is -1.99. The molecule has 1 heterocycles. The number of nitrogens with zero attached hydrogens (tertiary/aromatic N) is 2. The molecule has 5 nitrogen and oxygen atoms in total. The number of halogens is 2. The Labute approximate surface area is 112 Å². The van der Waals surface area contributed by atoms with Crippen LogP contribution >= 0.6 is 23.2 Å². The molecule has 1 N–H and O–H groups in total. The third kappa shape index (κ3) is 2.80. The van der Waals surface area contributed by atoms with E-state index in [0.29, 0.717) is 21.4 Å². The summed E-state index contributed by atoms with van der Waals surface area (Å²) in [4.78, 5) is 14.5. The molecular formula is C11H8Cl2N2O3. The van der Waals surface area contributed by atoms with Crippen molar-refractivity contribution in [2.75, 3.05) is 0 Å². The first-order chi connectivity index (χ1) is 8.58. The summed E-state index contributed by atoms with van der Waals surface area (Å²) in [5, 5.41) is 13.0. The van der Waals surface area contributed by atoms with E-state index in [2.05, 4.69) is 10.1 Å². The van der Waals surface area contributed by atoms with Crippen LogP contribution in [0, 0.1) is 0 Å². The van der Waals surface area contributed by atoms with Crippen molar-refractivity contribution in [2.45, 2.75) is 12.8 Å². The van der Waals surface area contributed by atoms with E-state index in [1.165, 1.54) is 0 Å². The maximum Gasteiger partial charge on any atom is 0.303 e. The van der Waals surface area contributed by atoms with Crippen molar-refractivity contribution in [3.8, 4) is 11.4 Å². The minimum absolute atomic E-state index is 0.0646. The van der Waals surface area contributed by atoms with Crippen LogP contribution in [-0.4, -0.2) is 21.2 Å².